The van der Waals surface area contributed by atoms with Gasteiger partial charge in [-0.05, 0) is 55.3 Å². The molecule has 0 radical (unpaired) electrons. The first kappa shape index (κ1) is 20.3. The Hall–Kier alpha value is -3.56. The van der Waals surface area contributed by atoms with Gasteiger partial charge in [0.1, 0.15) is 5.39 Å². The van der Waals surface area contributed by atoms with Crippen LogP contribution in [0.15, 0.2) is 47.4 Å². The van der Waals surface area contributed by atoms with Gasteiger partial charge in [-0.3, -0.25) is 4.79 Å². The molecule has 9 heteroatoms. The molecule has 1 aromatic carbocycles. The Morgan fingerprint density at radius 1 is 1.19 bits per heavy atom. The number of aromatic nitrogens is 5. The molecule has 5 rings (SSSR count). The van der Waals surface area contributed by atoms with Crippen LogP contribution in [-0.4, -0.2) is 42.6 Å². The van der Waals surface area contributed by atoms with E-state index in [2.05, 4.69) is 37.7 Å². The lowest BCUT2D eigenvalue weighted by molar-refractivity contribution is 0.298. The summed E-state index contributed by atoms with van der Waals surface area (Å²) in [6, 6.07) is 11.8. The van der Waals surface area contributed by atoms with Gasteiger partial charge in [0.15, 0.2) is 11.5 Å². The maximum absolute atomic E-state index is 13.0. The standard InChI is InChI=1S/C23H25N7O2/c1-2-29-22(32)19-14-25-23(27-18-7-6-16-13-24-10-8-15(16)12-18)28-21(19)30(29)20-5-3-4-17(26-20)9-11-31/h3-7,12,14,24,31H,2,8-11,13H2,1H3,(H,25,27,28). The van der Waals surface area contributed by atoms with Gasteiger partial charge in [0.2, 0.25) is 5.95 Å². The summed E-state index contributed by atoms with van der Waals surface area (Å²) in [6.45, 7) is 4.23. The molecular weight excluding hydrogens is 406 g/mol. The van der Waals surface area contributed by atoms with Gasteiger partial charge in [-0.1, -0.05) is 12.1 Å². The Balaban J connectivity index is 1.58. The minimum Gasteiger partial charge on any atom is -0.396 e. The second-order valence-electron chi connectivity index (χ2n) is 7.76. The number of fused-ring (bicyclic) bond motifs is 2. The Morgan fingerprint density at radius 2 is 2.09 bits per heavy atom. The van der Waals surface area contributed by atoms with Gasteiger partial charge in [0.25, 0.3) is 5.56 Å². The molecule has 0 atom stereocenters. The maximum atomic E-state index is 13.0. The highest BCUT2D eigenvalue weighted by Crippen LogP contribution is 2.22. The van der Waals surface area contributed by atoms with Crippen molar-refractivity contribution >= 4 is 22.7 Å². The van der Waals surface area contributed by atoms with Crippen LogP contribution in [-0.2, 0) is 25.9 Å². The average Bonchev–Trinajstić information content (AvgIpc) is 3.10. The number of pyridine rings is 1. The third-order valence-electron chi connectivity index (χ3n) is 5.70. The number of hydrogen-bond donors (Lipinski definition) is 3. The van der Waals surface area contributed by atoms with E-state index in [1.807, 2.05) is 31.2 Å². The summed E-state index contributed by atoms with van der Waals surface area (Å²) in [4.78, 5) is 26.7. The molecule has 32 heavy (non-hydrogen) atoms. The zero-order valence-corrected chi connectivity index (χ0v) is 17.9. The third-order valence-corrected chi connectivity index (χ3v) is 5.70. The van der Waals surface area contributed by atoms with Crippen molar-refractivity contribution in [3.63, 3.8) is 0 Å². The van der Waals surface area contributed by atoms with E-state index in [1.165, 1.54) is 11.1 Å². The van der Waals surface area contributed by atoms with Crippen molar-refractivity contribution < 1.29 is 5.11 Å². The number of hydrogen-bond acceptors (Lipinski definition) is 7. The summed E-state index contributed by atoms with van der Waals surface area (Å²) >= 11 is 0. The minimum atomic E-state index is -0.162. The highest BCUT2D eigenvalue weighted by molar-refractivity contribution is 5.77. The molecule has 0 spiro atoms. The number of nitrogens with one attached hydrogen (secondary N) is 2. The van der Waals surface area contributed by atoms with E-state index in [4.69, 9.17) is 0 Å². The van der Waals surface area contributed by atoms with E-state index in [9.17, 15) is 9.90 Å². The van der Waals surface area contributed by atoms with Gasteiger partial charge in [-0.2, -0.15) is 4.98 Å². The van der Waals surface area contributed by atoms with E-state index < -0.39 is 0 Å². The summed E-state index contributed by atoms with van der Waals surface area (Å²) in [5.74, 6) is 0.996. The van der Waals surface area contributed by atoms with E-state index in [0.29, 0.717) is 35.8 Å². The first-order chi connectivity index (χ1) is 15.7. The van der Waals surface area contributed by atoms with E-state index in [0.717, 1.165) is 30.9 Å². The zero-order valence-electron chi connectivity index (χ0n) is 17.9. The van der Waals surface area contributed by atoms with Crippen LogP contribution in [0.3, 0.4) is 0 Å². The molecule has 0 saturated heterocycles. The molecule has 9 nitrogen and oxygen atoms in total. The van der Waals surface area contributed by atoms with E-state index in [-0.39, 0.29) is 12.2 Å². The van der Waals surface area contributed by atoms with Crippen LogP contribution in [0, 0.1) is 0 Å². The molecule has 4 heterocycles. The molecule has 164 valence electrons. The second kappa shape index (κ2) is 8.52. The van der Waals surface area contributed by atoms with Crippen molar-refractivity contribution in [1.82, 2.24) is 29.6 Å². The Morgan fingerprint density at radius 3 is 2.94 bits per heavy atom. The Kier molecular flexibility index (Phi) is 5.42. The fourth-order valence-electron chi connectivity index (χ4n) is 4.13. The molecule has 1 aliphatic rings. The summed E-state index contributed by atoms with van der Waals surface area (Å²) in [7, 11) is 0. The van der Waals surface area contributed by atoms with Crippen molar-refractivity contribution in [1.29, 1.82) is 0 Å². The first-order valence-corrected chi connectivity index (χ1v) is 10.8. The number of aliphatic hydroxyl groups excluding tert-OH is 1. The molecule has 0 aliphatic carbocycles. The highest BCUT2D eigenvalue weighted by Gasteiger charge is 2.18. The van der Waals surface area contributed by atoms with Gasteiger partial charge in [0, 0.05) is 43.7 Å². The third kappa shape index (κ3) is 3.65. The molecule has 0 saturated carbocycles. The predicted molar refractivity (Wildman–Crippen MR) is 123 cm³/mol. The molecular formula is C23H25N7O2. The fourth-order valence-corrected chi connectivity index (χ4v) is 4.13. The monoisotopic (exact) mass is 431 g/mol. The van der Waals surface area contributed by atoms with Crippen LogP contribution < -0.4 is 16.2 Å². The van der Waals surface area contributed by atoms with Crippen LogP contribution >= 0.6 is 0 Å². The molecule has 1 aliphatic heterocycles. The van der Waals surface area contributed by atoms with Crippen molar-refractivity contribution in [2.75, 3.05) is 18.5 Å². The lowest BCUT2D eigenvalue weighted by Crippen LogP contribution is -2.23. The molecule has 3 aromatic heterocycles. The van der Waals surface area contributed by atoms with Crippen LogP contribution in [0.25, 0.3) is 16.9 Å². The predicted octanol–water partition coefficient (Wildman–Crippen LogP) is 1.92. The minimum absolute atomic E-state index is 0.0105. The molecule has 3 N–H and O–H groups in total. The van der Waals surface area contributed by atoms with Crippen molar-refractivity contribution in [2.24, 2.45) is 0 Å². The van der Waals surface area contributed by atoms with Crippen molar-refractivity contribution in [3.05, 3.63) is 69.8 Å². The van der Waals surface area contributed by atoms with Crippen LogP contribution in [0.4, 0.5) is 11.6 Å². The Labute approximate surface area is 184 Å². The second-order valence-corrected chi connectivity index (χ2v) is 7.76. The normalized spacial score (nSPS) is 13.3. The van der Waals surface area contributed by atoms with Gasteiger partial charge < -0.3 is 15.7 Å². The number of anilines is 2. The number of aliphatic hydroxyl groups is 1. The fraction of sp³-hybridized carbons (Fsp3) is 0.304. The Bertz CT molecular complexity index is 1340. The van der Waals surface area contributed by atoms with Gasteiger partial charge in [-0.25, -0.2) is 19.3 Å². The van der Waals surface area contributed by atoms with Gasteiger partial charge in [-0.15, -0.1) is 0 Å². The molecule has 0 fully saturated rings. The molecule has 0 unspecified atom stereocenters. The molecule has 0 bridgehead atoms. The van der Waals surface area contributed by atoms with Gasteiger partial charge in [0.05, 0.1) is 0 Å². The summed E-state index contributed by atoms with van der Waals surface area (Å²) in [5.41, 5.74) is 4.61. The number of nitrogens with zero attached hydrogens (tertiary/aromatic N) is 5. The largest absolute Gasteiger partial charge is 0.396 e. The van der Waals surface area contributed by atoms with Crippen LogP contribution in [0.1, 0.15) is 23.7 Å². The SMILES string of the molecule is CCn1c(=O)c2cnc(Nc3ccc4c(c3)CCNC4)nc2n1-c1cccc(CCO)n1. The van der Waals surface area contributed by atoms with Crippen molar-refractivity contribution in [3.8, 4) is 5.82 Å². The van der Waals surface area contributed by atoms with E-state index >= 15 is 0 Å². The number of benzene rings is 1. The zero-order chi connectivity index (χ0) is 22.1. The smallest absolute Gasteiger partial charge is 0.278 e. The summed E-state index contributed by atoms with van der Waals surface area (Å²) < 4.78 is 3.32. The lowest BCUT2D eigenvalue weighted by atomic mass is 10.0. The topological polar surface area (TPSA) is 110 Å². The van der Waals surface area contributed by atoms with Crippen molar-refractivity contribution in [2.45, 2.75) is 32.9 Å². The molecule has 4 aromatic rings. The molecule has 0 amide bonds. The van der Waals surface area contributed by atoms with Crippen LogP contribution in [0.5, 0.6) is 0 Å². The summed E-state index contributed by atoms with van der Waals surface area (Å²) in [6.07, 6.45) is 2.99. The highest BCUT2D eigenvalue weighted by atomic mass is 16.3. The maximum Gasteiger partial charge on any atom is 0.278 e. The summed E-state index contributed by atoms with van der Waals surface area (Å²) in [5, 5.41) is 16.4. The quantitative estimate of drug-likeness (QED) is 0.428. The number of rotatable bonds is 6. The van der Waals surface area contributed by atoms with Gasteiger partial charge >= 0.3 is 0 Å². The average molecular weight is 432 g/mol. The van der Waals surface area contributed by atoms with E-state index in [1.54, 1.807) is 15.6 Å². The first-order valence-electron chi connectivity index (χ1n) is 10.8. The van der Waals surface area contributed by atoms with Crippen LogP contribution in [0.2, 0.25) is 0 Å². The lowest BCUT2D eigenvalue weighted by Gasteiger charge is -2.18.